The molecular weight excluding hydrogens is 346 g/mol. The molecule has 3 heterocycles. The van der Waals surface area contributed by atoms with Gasteiger partial charge in [0.2, 0.25) is 0 Å². The molecule has 4 rings (SSSR count). The molecule has 0 aromatic carbocycles. The van der Waals surface area contributed by atoms with Crippen molar-refractivity contribution in [3.63, 3.8) is 0 Å². The molecule has 2 amide bonds. The number of hydrogen-bond acceptors (Lipinski definition) is 4. The molecule has 3 aliphatic heterocycles. The van der Waals surface area contributed by atoms with Gasteiger partial charge in [-0.1, -0.05) is 6.92 Å². The number of ether oxygens (including phenoxy) is 1. The maximum absolute atomic E-state index is 12.3. The Morgan fingerprint density at radius 1 is 1.22 bits per heavy atom. The van der Waals surface area contributed by atoms with Crippen molar-refractivity contribution >= 4 is 12.2 Å². The van der Waals surface area contributed by atoms with Crippen LogP contribution in [0.1, 0.15) is 53.4 Å². The van der Waals surface area contributed by atoms with Crippen LogP contribution in [0.15, 0.2) is 0 Å². The normalized spacial score (nSPS) is 37.7. The molecule has 2 spiro atoms. The summed E-state index contributed by atoms with van der Waals surface area (Å²) in [4.78, 5) is 29.6. The fourth-order valence-electron chi connectivity index (χ4n) is 6.35. The number of nitrogens with zero attached hydrogens (tertiary/aromatic N) is 3. The van der Waals surface area contributed by atoms with Gasteiger partial charge >= 0.3 is 12.2 Å². The largest absolute Gasteiger partial charge is 0.465 e. The predicted octanol–water partition coefficient (Wildman–Crippen LogP) is 2.85. The Hall–Kier alpha value is -1.50. The molecule has 1 aliphatic carbocycles. The molecule has 1 saturated carbocycles. The average Bonchev–Trinajstić information content (AvgIpc) is 3.14. The van der Waals surface area contributed by atoms with Crippen LogP contribution in [0.2, 0.25) is 0 Å². The summed E-state index contributed by atoms with van der Waals surface area (Å²) in [5, 5.41) is 9.27. The smallest absolute Gasteiger partial charge is 0.410 e. The van der Waals surface area contributed by atoms with Gasteiger partial charge in [-0.05, 0) is 44.9 Å². The number of carbonyl (C=O) groups is 2. The molecule has 0 bridgehead atoms. The van der Waals surface area contributed by atoms with Gasteiger partial charge in [-0.15, -0.1) is 0 Å². The van der Waals surface area contributed by atoms with Crippen LogP contribution in [0.4, 0.5) is 9.59 Å². The van der Waals surface area contributed by atoms with Crippen molar-refractivity contribution in [1.82, 2.24) is 14.7 Å². The second-order valence-corrected chi connectivity index (χ2v) is 9.58. The second kappa shape index (κ2) is 6.00. The molecule has 4 fully saturated rings. The predicted molar refractivity (Wildman–Crippen MR) is 101 cm³/mol. The van der Waals surface area contributed by atoms with Crippen molar-refractivity contribution in [1.29, 1.82) is 0 Å². The summed E-state index contributed by atoms with van der Waals surface area (Å²) in [5.74, 6) is 0.516. The van der Waals surface area contributed by atoms with Crippen LogP contribution in [0, 0.1) is 11.3 Å². The third kappa shape index (κ3) is 2.50. The Morgan fingerprint density at radius 2 is 1.89 bits per heavy atom. The zero-order chi connectivity index (χ0) is 19.6. The highest BCUT2D eigenvalue weighted by atomic mass is 16.6. The van der Waals surface area contributed by atoms with Gasteiger partial charge in [0.25, 0.3) is 0 Å². The van der Waals surface area contributed by atoms with E-state index in [2.05, 4.69) is 25.7 Å². The molecule has 7 nitrogen and oxygen atoms in total. The van der Waals surface area contributed by atoms with E-state index in [0.29, 0.717) is 31.6 Å². The molecule has 7 heteroatoms. The molecule has 3 unspecified atom stereocenters. The van der Waals surface area contributed by atoms with Crippen molar-refractivity contribution in [3.05, 3.63) is 0 Å². The van der Waals surface area contributed by atoms with Crippen molar-refractivity contribution in [3.8, 4) is 0 Å². The number of hydrogen-bond donors (Lipinski definition) is 1. The van der Waals surface area contributed by atoms with Crippen LogP contribution in [0.25, 0.3) is 0 Å². The first kappa shape index (κ1) is 18.8. The van der Waals surface area contributed by atoms with E-state index in [-0.39, 0.29) is 22.6 Å². The van der Waals surface area contributed by atoms with Crippen molar-refractivity contribution in [2.24, 2.45) is 11.3 Å². The SMILES string of the molecule is CCN1C(=O)OC2(CCN(C3CC4(CCN(C(=O)O)C4)C3C)CC2)C1(C)C. The molecule has 3 saturated heterocycles. The number of amides is 2. The quantitative estimate of drug-likeness (QED) is 0.799. The summed E-state index contributed by atoms with van der Waals surface area (Å²) in [6.07, 6.45) is 2.87. The first-order chi connectivity index (χ1) is 12.7. The van der Waals surface area contributed by atoms with Crippen LogP contribution in [-0.4, -0.2) is 81.9 Å². The maximum Gasteiger partial charge on any atom is 0.410 e. The molecule has 0 aromatic heterocycles. The van der Waals surface area contributed by atoms with Gasteiger partial charge in [0.05, 0.1) is 5.54 Å². The lowest BCUT2D eigenvalue weighted by Gasteiger charge is -2.58. The fraction of sp³-hybridized carbons (Fsp3) is 0.900. The van der Waals surface area contributed by atoms with E-state index in [1.54, 1.807) is 4.90 Å². The lowest BCUT2D eigenvalue weighted by atomic mass is 9.56. The molecule has 3 atom stereocenters. The second-order valence-electron chi connectivity index (χ2n) is 9.58. The van der Waals surface area contributed by atoms with Crippen molar-refractivity contribution in [2.45, 2.75) is 70.6 Å². The van der Waals surface area contributed by atoms with Gasteiger partial charge in [0, 0.05) is 51.6 Å². The highest BCUT2D eigenvalue weighted by Crippen LogP contribution is 2.56. The zero-order valence-corrected chi connectivity index (χ0v) is 17.0. The maximum atomic E-state index is 12.3. The summed E-state index contributed by atoms with van der Waals surface area (Å²) < 4.78 is 5.94. The number of carboxylic acid groups (broad SMARTS) is 1. The van der Waals surface area contributed by atoms with E-state index in [1.165, 1.54) is 0 Å². The van der Waals surface area contributed by atoms with Gasteiger partial charge < -0.3 is 14.7 Å². The Bertz CT molecular complexity index is 643. The summed E-state index contributed by atoms with van der Waals surface area (Å²) in [7, 11) is 0. The van der Waals surface area contributed by atoms with E-state index in [1.807, 2.05) is 11.8 Å². The lowest BCUT2D eigenvalue weighted by Crippen LogP contribution is -2.64. The minimum Gasteiger partial charge on any atom is -0.465 e. The van der Waals surface area contributed by atoms with Crippen LogP contribution in [-0.2, 0) is 4.74 Å². The molecule has 4 aliphatic rings. The Labute approximate surface area is 161 Å². The van der Waals surface area contributed by atoms with Crippen molar-refractivity contribution in [2.75, 3.05) is 32.7 Å². The number of likely N-dealkylation sites (N-methyl/N-ethyl adjacent to an activating group) is 1. The van der Waals surface area contributed by atoms with Gasteiger partial charge in [0.1, 0.15) is 5.60 Å². The molecule has 152 valence electrons. The third-order valence-corrected chi connectivity index (χ3v) is 8.50. The van der Waals surface area contributed by atoms with Gasteiger partial charge in [-0.2, -0.15) is 0 Å². The van der Waals surface area contributed by atoms with Crippen LogP contribution in [0.3, 0.4) is 0 Å². The Kier molecular flexibility index (Phi) is 4.19. The molecule has 0 aromatic rings. The summed E-state index contributed by atoms with van der Waals surface area (Å²) >= 11 is 0. The third-order valence-electron chi connectivity index (χ3n) is 8.50. The van der Waals surface area contributed by atoms with E-state index < -0.39 is 6.09 Å². The number of carbonyl (C=O) groups excluding carboxylic acids is 1. The van der Waals surface area contributed by atoms with E-state index in [0.717, 1.165) is 38.8 Å². The van der Waals surface area contributed by atoms with E-state index >= 15 is 0 Å². The Morgan fingerprint density at radius 3 is 2.37 bits per heavy atom. The molecular formula is C20H33N3O4. The van der Waals surface area contributed by atoms with Gasteiger partial charge in [-0.25, -0.2) is 9.59 Å². The molecule has 0 radical (unpaired) electrons. The summed E-state index contributed by atoms with van der Waals surface area (Å²) in [6, 6.07) is 0.526. The van der Waals surface area contributed by atoms with Gasteiger partial charge in [0.15, 0.2) is 0 Å². The lowest BCUT2D eigenvalue weighted by molar-refractivity contribution is -0.106. The zero-order valence-electron chi connectivity index (χ0n) is 17.0. The van der Waals surface area contributed by atoms with Crippen LogP contribution < -0.4 is 0 Å². The first-order valence-corrected chi connectivity index (χ1v) is 10.4. The molecule has 27 heavy (non-hydrogen) atoms. The summed E-state index contributed by atoms with van der Waals surface area (Å²) in [5.41, 5.74) is -0.476. The standard InChI is InChI=1S/C20H33N3O4/c1-5-23-17(26)27-20(18(23,3)4)7-10-21(11-8-20)15-12-19(14(15)2)6-9-22(13-19)16(24)25/h14-15H,5-13H2,1-4H3,(H,24,25). The molecule has 1 N–H and O–H groups in total. The van der Waals surface area contributed by atoms with E-state index in [9.17, 15) is 14.7 Å². The van der Waals surface area contributed by atoms with E-state index in [4.69, 9.17) is 4.74 Å². The average molecular weight is 380 g/mol. The highest BCUT2D eigenvalue weighted by molar-refractivity contribution is 5.72. The fourth-order valence-corrected chi connectivity index (χ4v) is 6.35. The minimum absolute atomic E-state index is 0.174. The van der Waals surface area contributed by atoms with Crippen LogP contribution >= 0.6 is 0 Å². The van der Waals surface area contributed by atoms with Gasteiger partial charge in [-0.3, -0.25) is 9.80 Å². The number of likely N-dealkylation sites (tertiary alicyclic amines) is 2. The number of piperidine rings is 1. The Balaban J connectivity index is 1.39. The minimum atomic E-state index is -0.784. The van der Waals surface area contributed by atoms with Crippen LogP contribution in [0.5, 0.6) is 0 Å². The monoisotopic (exact) mass is 379 g/mol. The number of rotatable bonds is 2. The topological polar surface area (TPSA) is 73.3 Å². The highest BCUT2D eigenvalue weighted by Gasteiger charge is 2.62. The summed E-state index contributed by atoms with van der Waals surface area (Å²) in [6.45, 7) is 12.5. The first-order valence-electron chi connectivity index (χ1n) is 10.4. The van der Waals surface area contributed by atoms with Crippen molar-refractivity contribution < 1.29 is 19.4 Å².